The van der Waals surface area contributed by atoms with Crippen molar-refractivity contribution < 1.29 is 23.8 Å². The monoisotopic (exact) mass is 474 g/mol. The van der Waals surface area contributed by atoms with Crippen LogP contribution in [0, 0.1) is 0 Å². The van der Waals surface area contributed by atoms with Crippen molar-refractivity contribution in [2.24, 2.45) is 0 Å². The Balaban J connectivity index is 1.60. The Kier molecular flexibility index (Phi) is 6.73. The summed E-state index contributed by atoms with van der Waals surface area (Å²) in [6.45, 7) is 5.00. The maximum absolute atomic E-state index is 13.5. The number of nitrogens with zero attached hydrogens (tertiary/aromatic N) is 3. The maximum Gasteiger partial charge on any atom is 0.296 e. The van der Waals surface area contributed by atoms with E-state index >= 15 is 0 Å². The standard InChI is InChI=1S/C23H27ClN4O5/c1-23(2)13-28(17(5-7-29)12-32-23)21(30)14-8-18-20(19(9-14)31-3)33-22(27-18)26-11-16-10-15(24)4-6-25-16/h4,6,8-10,17,29H,5,7,11-13H2,1-3H3,(H,26,27)/t17-/m1/s1. The molecule has 0 unspecified atom stereocenters. The number of aromatic nitrogens is 2. The highest BCUT2D eigenvalue weighted by Crippen LogP contribution is 2.32. The fourth-order valence-electron chi connectivity index (χ4n) is 3.85. The van der Waals surface area contributed by atoms with Crippen LogP contribution in [-0.2, 0) is 11.3 Å². The normalized spacial score (nSPS) is 17.8. The van der Waals surface area contributed by atoms with Crippen LogP contribution in [-0.4, -0.2) is 64.4 Å². The number of carbonyl (C=O) groups excluding carboxylic acids is 1. The van der Waals surface area contributed by atoms with E-state index in [1.807, 2.05) is 13.8 Å². The SMILES string of the molecule is COc1cc(C(=O)N2CC(C)(C)OC[C@H]2CCO)cc2nc(NCc3cc(Cl)ccn3)oc12. The van der Waals surface area contributed by atoms with Crippen LogP contribution in [0.25, 0.3) is 11.1 Å². The number of rotatable bonds is 7. The first-order valence-electron chi connectivity index (χ1n) is 10.7. The summed E-state index contributed by atoms with van der Waals surface area (Å²) in [6, 6.07) is 6.86. The second-order valence-electron chi connectivity index (χ2n) is 8.53. The molecule has 2 N–H and O–H groups in total. The van der Waals surface area contributed by atoms with E-state index in [4.69, 9.17) is 25.5 Å². The Morgan fingerprint density at radius 2 is 2.21 bits per heavy atom. The highest BCUT2D eigenvalue weighted by molar-refractivity contribution is 6.30. The lowest BCUT2D eigenvalue weighted by atomic mass is 10.0. The molecule has 3 heterocycles. The molecule has 0 bridgehead atoms. The Bertz CT molecular complexity index is 1150. The molecule has 1 atom stereocenters. The number of amides is 1. The number of nitrogens with one attached hydrogen (secondary N) is 1. The van der Waals surface area contributed by atoms with Crippen molar-refractivity contribution in [2.75, 3.05) is 32.2 Å². The summed E-state index contributed by atoms with van der Waals surface area (Å²) in [7, 11) is 1.51. The van der Waals surface area contributed by atoms with E-state index in [2.05, 4.69) is 15.3 Å². The summed E-state index contributed by atoms with van der Waals surface area (Å²) in [4.78, 5) is 23.9. The minimum atomic E-state index is -0.477. The number of oxazole rings is 1. The number of aliphatic hydroxyl groups is 1. The van der Waals surface area contributed by atoms with Crippen LogP contribution in [0.2, 0.25) is 5.02 Å². The maximum atomic E-state index is 13.5. The molecule has 4 rings (SSSR count). The molecule has 1 aromatic carbocycles. The number of carbonyl (C=O) groups is 1. The number of hydrogen-bond acceptors (Lipinski definition) is 8. The van der Waals surface area contributed by atoms with Crippen LogP contribution in [0.3, 0.4) is 0 Å². The van der Waals surface area contributed by atoms with Gasteiger partial charge in [-0.05, 0) is 44.5 Å². The highest BCUT2D eigenvalue weighted by atomic mass is 35.5. The zero-order valence-electron chi connectivity index (χ0n) is 18.8. The van der Waals surface area contributed by atoms with Gasteiger partial charge in [0.25, 0.3) is 11.9 Å². The summed E-state index contributed by atoms with van der Waals surface area (Å²) in [5, 5.41) is 13.1. The van der Waals surface area contributed by atoms with Gasteiger partial charge < -0.3 is 29.2 Å². The first kappa shape index (κ1) is 23.3. The van der Waals surface area contributed by atoms with Gasteiger partial charge in [0.15, 0.2) is 11.3 Å². The summed E-state index contributed by atoms with van der Waals surface area (Å²) in [6.07, 6.45) is 2.07. The molecule has 176 valence electrons. The molecule has 9 nitrogen and oxygen atoms in total. The molecule has 3 aromatic rings. The van der Waals surface area contributed by atoms with Gasteiger partial charge in [-0.2, -0.15) is 4.98 Å². The topological polar surface area (TPSA) is 110 Å². The van der Waals surface area contributed by atoms with Crippen molar-refractivity contribution in [3.8, 4) is 5.75 Å². The molecule has 0 saturated carbocycles. The van der Waals surface area contributed by atoms with Crippen LogP contribution in [0.4, 0.5) is 6.01 Å². The smallest absolute Gasteiger partial charge is 0.296 e. The second-order valence-corrected chi connectivity index (χ2v) is 8.97. The van der Waals surface area contributed by atoms with E-state index in [1.54, 1.807) is 35.4 Å². The van der Waals surface area contributed by atoms with Crippen molar-refractivity contribution in [1.82, 2.24) is 14.9 Å². The third-order valence-electron chi connectivity index (χ3n) is 5.50. The van der Waals surface area contributed by atoms with E-state index in [-0.39, 0.29) is 24.6 Å². The molecule has 0 spiro atoms. The fraction of sp³-hybridized carbons (Fsp3) is 0.435. The first-order valence-corrected chi connectivity index (χ1v) is 11.1. The van der Waals surface area contributed by atoms with E-state index in [0.29, 0.717) is 53.6 Å². The zero-order valence-corrected chi connectivity index (χ0v) is 19.6. The van der Waals surface area contributed by atoms with Crippen molar-refractivity contribution in [3.63, 3.8) is 0 Å². The number of pyridine rings is 1. The van der Waals surface area contributed by atoms with Crippen molar-refractivity contribution in [2.45, 2.75) is 38.5 Å². The van der Waals surface area contributed by atoms with Gasteiger partial charge in [0, 0.05) is 29.9 Å². The fourth-order valence-corrected chi connectivity index (χ4v) is 4.04. The largest absolute Gasteiger partial charge is 0.493 e. The zero-order chi connectivity index (χ0) is 23.6. The van der Waals surface area contributed by atoms with Crippen LogP contribution in [0.15, 0.2) is 34.9 Å². The number of methoxy groups -OCH3 is 1. The molecule has 1 aliphatic rings. The molecule has 1 fully saturated rings. The predicted octanol–water partition coefficient (Wildman–Crippen LogP) is 3.50. The van der Waals surface area contributed by atoms with Gasteiger partial charge >= 0.3 is 0 Å². The molecule has 0 radical (unpaired) electrons. The van der Waals surface area contributed by atoms with Gasteiger partial charge in [-0.15, -0.1) is 0 Å². The summed E-state index contributed by atoms with van der Waals surface area (Å²) in [5.41, 5.74) is 1.61. The number of anilines is 1. The van der Waals surface area contributed by atoms with Crippen LogP contribution in [0.1, 0.15) is 36.3 Å². The van der Waals surface area contributed by atoms with Crippen molar-refractivity contribution in [3.05, 3.63) is 46.7 Å². The third-order valence-corrected chi connectivity index (χ3v) is 5.74. The first-order chi connectivity index (χ1) is 15.8. The van der Waals surface area contributed by atoms with E-state index < -0.39 is 5.60 Å². The molecule has 33 heavy (non-hydrogen) atoms. The minimum absolute atomic E-state index is 0.0274. The van der Waals surface area contributed by atoms with Gasteiger partial charge in [-0.25, -0.2) is 0 Å². The summed E-state index contributed by atoms with van der Waals surface area (Å²) >= 11 is 6.01. The van der Waals surface area contributed by atoms with Gasteiger partial charge in [0.1, 0.15) is 5.52 Å². The Labute approximate surface area is 196 Å². The Morgan fingerprint density at radius 3 is 2.94 bits per heavy atom. The Hall–Kier alpha value is -2.88. The van der Waals surface area contributed by atoms with Gasteiger partial charge in [0.05, 0.1) is 37.6 Å². The number of benzene rings is 1. The molecule has 1 aliphatic heterocycles. The number of hydrogen-bond donors (Lipinski definition) is 2. The van der Waals surface area contributed by atoms with Crippen molar-refractivity contribution in [1.29, 1.82) is 0 Å². The number of ether oxygens (including phenoxy) is 2. The lowest BCUT2D eigenvalue weighted by Crippen LogP contribution is -2.56. The number of aliphatic hydroxyl groups excluding tert-OH is 1. The van der Waals surface area contributed by atoms with Crippen LogP contribution in [0.5, 0.6) is 5.75 Å². The highest BCUT2D eigenvalue weighted by Gasteiger charge is 2.37. The van der Waals surface area contributed by atoms with E-state index in [9.17, 15) is 9.90 Å². The van der Waals surface area contributed by atoms with Gasteiger partial charge in [0.2, 0.25) is 0 Å². The molecule has 1 amide bonds. The van der Waals surface area contributed by atoms with Crippen molar-refractivity contribution >= 4 is 34.6 Å². The molecule has 1 saturated heterocycles. The summed E-state index contributed by atoms with van der Waals surface area (Å²) in [5.74, 6) is 0.231. The quantitative estimate of drug-likeness (QED) is 0.535. The predicted molar refractivity (Wildman–Crippen MR) is 124 cm³/mol. The van der Waals surface area contributed by atoms with E-state index in [0.717, 1.165) is 5.69 Å². The number of morpholine rings is 1. The second kappa shape index (κ2) is 9.54. The molecule has 0 aliphatic carbocycles. The average molecular weight is 475 g/mol. The third kappa shape index (κ3) is 5.21. The molecular formula is C23H27ClN4O5. The molecular weight excluding hydrogens is 448 g/mol. The van der Waals surface area contributed by atoms with Crippen LogP contribution >= 0.6 is 11.6 Å². The lowest BCUT2D eigenvalue weighted by Gasteiger charge is -2.43. The molecule has 2 aromatic heterocycles. The number of fused-ring (bicyclic) bond motifs is 1. The van der Waals surface area contributed by atoms with Gasteiger partial charge in [-0.3, -0.25) is 9.78 Å². The lowest BCUT2D eigenvalue weighted by molar-refractivity contribution is -0.105. The van der Waals surface area contributed by atoms with Gasteiger partial charge in [-0.1, -0.05) is 11.6 Å². The number of halogens is 1. The van der Waals surface area contributed by atoms with Crippen LogP contribution < -0.4 is 10.1 Å². The minimum Gasteiger partial charge on any atom is -0.493 e. The average Bonchev–Trinajstić information content (AvgIpc) is 3.21. The summed E-state index contributed by atoms with van der Waals surface area (Å²) < 4.78 is 17.2. The van der Waals surface area contributed by atoms with E-state index in [1.165, 1.54) is 7.11 Å². The molecule has 10 heteroatoms. The Morgan fingerprint density at radius 1 is 1.39 bits per heavy atom.